The van der Waals surface area contributed by atoms with Crippen molar-refractivity contribution in [2.75, 3.05) is 17.7 Å². The Morgan fingerprint density at radius 3 is 2.67 bits per heavy atom. The number of amides is 2. The van der Waals surface area contributed by atoms with Gasteiger partial charge in [0, 0.05) is 12.1 Å². The van der Waals surface area contributed by atoms with Crippen molar-refractivity contribution in [3.63, 3.8) is 0 Å². The summed E-state index contributed by atoms with van der Waals surface area (Å²) in [5.41, 5.74) is 1.03. The number of hydrogen-bond acceptors (Lipinski definition) is 5. The van der Waals surface area contributed by atoms with Gasteiger partial charge >= 0.3 is 0 Å². The minimum atomic E-state index is -0.377. The maximum absolute atomic E-state index is 12.0. The number of furan rings is 1. The molecule has 2 amide bonds. The van der Waals surface area contributed by atoms with Gasteiger partial charge in [0.25, 0.3) is 5.91 Å². The Hall–Kier alpha value is -2.87. The predicted molar refractivity (Wildman–Crippen MR) is 94.3 cm³/mol. The number of carbonyl (C=O) groups excluding carboxylic acids is 2. The molecule has 2 aromatic rings. The molecule has 1 heterocycles. The predicted octanol–water partition coefficient (Wildman–Crippen LogP) is 2.76. The van der Waals surface area contributed by atoms with Crippen LogP contribution in [0.5, 0.6) is 5.75 Å². The first-order valence-corrected chi connectivity index (χ1v) is 7.58. The highest BCUT2D eigenvalue weighted by atomic mass is 32.1. The van der Waals surface area contributed by atoms with Gasteiger partial charge in [-0.15, -0.1) is 0 Å². The quantitative estimate of drug-likeness (QED) is 0.720. The zero-order chi connectivity index (χ0) is 17.5. The van der Waals surface area contributed by atoms with Crippen LogP contribution < -0.4 is 20.7 Å². The lowest BCUT2D eigenvalue weighted by Gasteiger charge is -2.14. The summed E-state index contributed by atoms with van der Waals surface area (Å²) in [5.74, 6) is 0.136. The van der Waals surface area contributed by atoms with Crippen LogP contribution in [0.2, 0.25) is 0 Å². The van der Waals surface area contributed by atoms with E-state index < -0.39 is 0 Å². The highest BCUT2D eigenvalue weighted by Gasteiger charge is 2.12. The van der Waals surface area contributed by atoms with Gasteiger partial charge in [-0.1, -0.05) is 6.92 Å². The largest absolute Gasteiger partial charge is 0.495 e. The first-order chi connectivity index (χ1) is 11.5. The molecule has 0 radical (unpaired) electrons. The van der Waals surface area contributed by atoms with E-state index in [2.05, 4.69) is 16.0 Å². The molecule has 0 saturated carbocycles. The van der Waals surface area contributed by atoms with Gasteiger partial charge in [-0.2, -0.15) is 0 Å². The number of thiocarbonyl (C=S) groups is 1. The molecule has 1 aromatic heterocycles. The number of ether oxygens (including phenoxy) is 1. The molecule has 126 valence electrons. The third-order valence-electron chi connectivity index (χ3n) is 3.02. The van der Waals surface area contributed by atoms with Gasteiger partial charge in [-0.05, 0) is 42.5 Å². The number of hydrogen-bond donors (Lipinski definition) is 3. The second kappa shape index (κ2) is 8.11. The Bertz CT molecular complexity index is 744. The third kappa shape index (κ3) is 4.56. The molecule has 0 atom stereocenters. The normalized spacial score (nSPS) is 9.92. The van der Waals surface area contributed by atoms with E-state index >= 15 is 0 Å². The van der Waals surface area contributed by atoms with Crippen LogP contribution in [0.15, 0.2) is 41.0 Å². The van der Waals surface area contributed by atoms with Crippen molar-refractivity contribution in [3.8, 4) is 5.75 Å². The highest BCUT2D eigenvalue weighted by Crippen LogP contribution is 2.28. The van der Waals surface area contributed by atoms with Crippen molar-refractivity contribution in [3.05, 3.63) is 42.4 Å². The van der Waals surface area contributed by atoms with Gasteiger partial charge in [-0.3, -0.25) is 9.59 Å². The van der Waals surface area contributed by atoms with E-state index in [1.807, 2.05) is 0 Å². The molecular weight excluding hydrogens is 330 g/mol. The molecule has 8 heteroatoms. The van der Waals surface area contributed by atoms with Crippen molar-refractivity contribution in [1.82, 2.24) is 5.32 Å². The van der Waals surface area contributed by atoms with E-state index in [9.17, 15) is 9.59 Å². The summed E-state index contributed by atoms with van der Waals surface area (Å²) in [4.78, 5) is 23.4. The van der Waals surface area contributed by atoms with E-state index in [0.717, 1.165) is 0 Å². The molecule has 1 aromatic carbocycles. The van der Waals surface area contributed by atoms with Gasteiger partial charge in [0.05, 0.1) is 19.1 Å². The minimum absolute atomic E-state index is 0.148. The summed E-state index contributed by atoms with van der Waals surface area (Å²) in [6.45, 7) is 1.73. The van der Waals surface area contributed by atoms with Gasteiger partial charge in [0.1, 0.15) is 5.75 Å². The molecule has 0 unspecified atom stereocenters. The van der Waals surface area contributed by atoms with Gasteiger partial charge in [-0.25, -0.2) is 0 Å². The van der Waals surface area contributed by atoms with Crippen LogP contribution in [-0.2, 0) is 4.79 Å². The fourth-order valence-electron chi connectivity index (χ4n) is 1.85. The third-order valence-corrected chi connectivity index (χ3v) is 3.23. The molecule has 0 spiro atoms. The molecule has 0 saturated heterocycles. The van der Waals surface area contributed by atoms with Crippen LogP contribution in [0.4, 0.5) is 11.4 Å². The summed E-state index contributed by atoms with van der Waals surface area (Å²) in [5, 5.41) is 8.26. The molecule has 24 heavy (non-hydrogen) atoms. The maximum atomic E-state index is 12.0. The first-order valence-electron chi connectivity index (χ1n) is 7.17. The average molecular weight is 347 g/mol. The average Bonchev–Trinajstić information content (AvgIpc) is 3.09. The molecule has 7 nitrogen and oxygen atoms in total. The van der Waals surface area contributed by atoms with Crippen LogP contribution in [0.1, 0.15) is 23.9 Å². The second-order valence-corrected chi connectivity index (χ2v) is 5.11. The van der Waals surface area contributed by atoms with E-state index in [4.69, 9.17) is 21.4 Å². The van der Waals surface area contributed by atoms with Crippen LogP contribution >= 0.6 is 12.2 Å². The van der Waals surface area contributed by atoms with E-state index in [0.29, 0.717) is 23.5 Å². The molecule has 0 aliphatic rings. The van der Waals surface area contributed by atoms with Crippen LogP contribution in [0.3, 0.4) is 0 Å². The standard InChI is InChI=1S/C16H17N3O4S/c1-3-14(20)19-16(24)18-11-9-10(6-7-12(11)22-2)17-15(21)13-5-4-8-23-13/h4-9H,3H2,1-2H3,(H,17,21)(H2,18,19,20,24). The van der Waals surface area contributed by atoms with Crippen LogP contribution in [0.25, 0.3) is 0 Å². The number of carbonyl (C=O) groups is 2. The molecule has 0 fully saturated rings. The Morgan fingerprint density at radius 1 is 1.25 bits per heavy atom. The van der Waals surface area contributed by atoms with E-state index in [-0.39, 0.29) is 22.7 Å². The number of anilines is 2. The fraction of sp³-hybridized carbons (Fsp3) is 0.188. The smallest absolute Gasteiger partial charge is 0.291 e. The van der Waals surface area contributed by atoms with Gasteiger partial charge < -0.3 is 25.1 Å². The van der Waals surface area contributed by atoms with Crippen LogP contribution in [0, 0.1) is 0 Å². The Kier molecular flexibility index (Phi) is 5.91. The van der Waals surface area contributed by atoms with Crippen molar-refractivity contribution >= 4 is 40.5 Å². The van der Waals surface area contributed by atoms with Crippen molar-refractivity contribution in [2.45, 2.75) is 13.3 Å². The SMILES string of the molecule is CCC(=O)NC(=S)Nc1cc(NC(=O)c2ccco2)ccc1OC. The molecular formula is C16H17N3O4S. The second-order valence-electron chi connectivity index (χ2n) is 4.70. The van der Waals surface area contributed by atoms with Crippen molar-refractivity contribution in [1.29, 1.82) is 0 Å². The molecule has 3 N–H and O–H groups in total. The Labute approximate surface area is 144 Å². The molecule has 0 aliphatic heterocycles. The summed E-state index contributed by atoms with van der Waals surface area (Å²) in [7, 11) is 1.51. The van der Waals surface area contributed by atoms with E-state index in [1.165, 1.54) is 13.4 Å². The van der Waals surface area contributed by atoms with Gasteiger partial charge in [0.2, 0.25) is 5.91 Å². The van der Waals surface area contributed by atoms with Crippen molar-refractivity contribution < 1.29 is 18.7 Å². The summed E-state index contributed by atoms with van der Waals surface area (Å²) in [6.07, 6.45) is 1.74. The summed E-state index contributed by atoms with van der Waals surface area (Å²) >= 11 is 5.08. The molecule has 2 rings (SSSR count). The lowest BCUT2D eigenvalue weighted by molar-refractivity contribution is -0.119. The minimum Gasteiger partial charge on any atom is -0.495 e. The Balaban J connectivity index is 2.13. The van der Waals surface area contributed by atoms with Gasteiger partial charge in [0.15, 0.2) is 10.9 Å². The number of rotatable bonds is 5. The first kappa shape index (κ1) is 17.5. The summed E-state index contributed by atoms with van der Waals surface area (Å²) < 4.78 is 10.3. The zero-order valence-electron chi connectivity index (χ0n) is 13.2. The highest BCUT2D eigenvalue weighted by molar-refractivity contribution is 7.80. The zero-order valence-corrected chi connectivity index (χ0v) is 14.0. The molecule has 0 aliphatic carbocycles. The topological polar surface area (TPSA) is 92.6 Å². The Morgan fingerprint density at radius 2 is 2.04 bits per heavy atom. The lowest BCUT2D eigenvalue weighted by atomic mass is 10.2. The number of nitrogens with one attached hydrogen (secondary N) is 3. The monoisotopic (exact) mass is 347 g/mol. The number of benzene rings is 1. The lowest BCUT2D eigenvalue weighted by Crippen LogP contribution is -2.33. The van der Waals surface area contributed by atoms with Crippen molar-refractivity contribution in [2.24, 2.45) is 0 Å². The fourth-order valence-corrected chi connectivity index (χ4v) is 2.08. The van der Waals surface area contributed by atoms with E-state index in [1.54, 1.807) is 37.3 Å². The maximum Gasteiger partial charge on any atom is 0.291 e. The molecule has 0 bridgehead atoms. The summed E-state index contributed by atoms with van der Waals surface area (Å²) in [6, 6.07) is 8.19. The van der Waals surface area contributed by atoms with Crippen LogP contribution in [-0.4, -0.2) is 24.0 Å². The number of methoxy groups -OCH3 is 1.